The third kappa shape index (κ3) is 7.21. The minimum Gasteiger partial charge on any atom is -0.452 e. The summed E-state index contributed by atoms with van der Waals surface area (Å²) < 4.78 is 5.19. The maximum atomic E-state index is 11.9. The molecular weight excluding hydrogens is 392 g/mol. The van der Waals surface area contributed by atoms with Crippen LogP contribution in [0.4, 0.5) is 5.69 Å². The van der Waals surface area contributed by atoms with Crippen LogP contribution in [0.25, 0.3) is 0 Å². The average Bonchev–Trinajstić information content (AvgIpc) is 2.59. The van der Waals surface area contributed by atoms with Crippen LogP contribution in [0.1, 0.15) is 49.9 Å². The normalized spacial score (nSPS) is 11.6. The molecule has 0 radical (unpaired) electrons. The molecule has 1 atom stereocenters. The van der Waals surface area contributed by atoms with Crippen LogP contribution in [0.15, 0.2) is 22.7 Å². The molecule has 0 heterocycles. The van der Waals surface area contributed by atoms with Crippen LogP contribution < -0.4 is 5.32 Å². The number of amides is 1. The lowest BCUT2D eigenvalue weighted by Gasteiger charge is -2.15. The van der Waals surface area contributed by atoms with Crippen LogP contribution in [0.2, 0.25) is 0 Å². The molecule has 0 unspecified atom stereocenters. The molecule has 0 aliphatic carbocycles. The zero-order valence-corrected chi connectivity index (χ0v) is 16.0. The van der Waals surface area contributed by atoms with Gasteiger partial charge in [-0.1, -0.05) is 33.1 Å². The molecule has 0 bridgehead atoms. The molecule has 1 rings (SSSR count). The standard InChI is InChI=1S/C17H23BrN2O5/c1-3-5-6-12(4-2)10-19-16(21)11-25-17(22)13-7-8-14(18)15(9-13)20(23)24/h7-9,12H,3-6,10-11H2,1-2H3,(H,19,21)/t12-/m0/s1. The largest absolute Gasteiger partial charge is 0.452 e. The molecule has 0 spiro atoms. The van der Waals surface area contributed by atoms with E-state index in [4.69, 9.17) is 4.74 Å². The Hall–Kier alpha value is -1.96. The number of hydrogen-bond acceptors (Lipinski definition) is 5. The summed E-state index contributed by atoms with van der Waals surface area (Å²) in [5.41, 5.74) is -0.210. The number of unbranched alkanes of at least 4 members (excludes halogenated alkanes) is 1. The molecule has 0 aliphatic heterocycles. The number of nitro groups is 1. The first-order chi connectivity index (χ1) is 11.9. The molecule has 0 aliphatic rings. The molecule has 1 N–H and O–H groups in total. The van der Waals surface area contributed by atoms with Crippen molar-refractivity contribution in [1.82, 2.24) is 5.32 Å². The van der Waals surface area contributed by atoms with E-state index in [2.05, 4.69) is 35.1 Å². The minimum absolute atomic E-state index is 0.0251. The summed E-state index contributed by atoms with van der Waals surface area (Å²) in [6, 6.07) is 3.91. The van der Waals surface area contributed by atoms with E-state index >= 15 is 0 Å². The van der Waals surface area contributed by atoms with E-state index < -0.39 is 17.5 Å². The van der Waals surface area contributed by atoms with Crippen molar-refractivity contribution in [3.63, 3.8) is 0 Å². The fourth-order valence-electron chi connectivity index (χ4n) is 2.25. The number of ether oxygens (including phenoxy) is 1. The zero-order valence-electron chi connectivity index (χ0n) is 14.4. The van der Waals surface area contributed by atoms with Crippen LogP contribution >= 0.6 is 15.9 Å². The van der Waals surface area contributed by atoms with E-state index in [1.54, 1.807) is 0 Å². The van der Waals surface area contributed by atoms with Gasteiger partial charge < -0.3 is 10.1 Å². The van der Waals surface area contributed by atoms with Gasteiger partial charge in [-0.2, -0.15) is 0 Å². The Balaban J connectivity index is 2.49. The molecule has 138 valence electrons. The lowest BCUT2D eigenvalue weighted by molar-refractivity contribution is -0.385. The van der Waals surface area contributed by atoms with Crippen molar-refractivity contribution in [3.05, 3.63) is 38.3 Å². The highest BCUT2D eigenvalue weighted by Crippen LogP contribution is 2.25. The molecule has 1 aromatic rings. The molecule has 1 aromatic carbocycles. The van der Waals surface area contributed by atoms with Crippen LogP contribution in [0, 0.1) is 16.0 Å². The number of halogens is 1. The number of benzene rings is 1. The summed E-state index contributed by atoms with van der Waals surface area (Å²) in [6.07, 6.45) is 4.26. The summed E-state index contributed by atoms with van der Waals surface area (Å²) in [7, 11) is 0. The first-order valence-corrected chi connectivity index (χ1v) is 9.06. The number of nitrogens with zero attached hydrogens (tertiary/aromatic N) is 1. The topological polar surface area (TPSA) is 98.5 Å². The number of carbonyl (C=O) groups is 2. The highest BCUT2D eigenvalue weighted by atomic mass is 79.9. The average molecular weight is 415 g/mol. The van der Waals surface area contributed by atoms with Gasteiger partial charge >= 0.3 is 5.97 Å². The quantitative estimate of drug-likeness (QED) is 0.356. The third-order valence-electron chi connectivity index (χ3n) is 3.84. The maximum absolute atomic E-state index is 11.9. The van der Waals surface area contributed by atoms with Crippen molar-refractivity contribution >= 4 is 33.5 Å². The summed E-state index contributed by atoms with van der Waals surface area (Å²) in [4.78, 5) is 34.0. The first-order valence-electron chi connectivity index (χ1n) is 8.26. The van der Waals surface area contributed by atoms with Crippen molar-refractivity contribution < 1.29 is 19.2 Å². The molecule has 1 amide bonds. The highest BCUT2D eigenvalue weighted by Gasteiger charge is 2.18. The number of nitrogens with one attached hydrogen (secondary N) is 1. The number of nitro benzene ring substituents is 1. The van der Waals surface area contributed by atoms with Crippen molar-refractivity contribution in [2.24, 2.45) is 5.92 Å². The predicted molar refractivity (Wildman–Crippen MR) is 97.4 cm³/mol. The van der Waals surface area contributed by atoms with Gasteiger partial charge in [0.25, 0.3) is 11.6 Å². The summed E-state index contributed by atoms with van der Waals surface area (Å²) in [5, 5.41) is 13.6. The number of esters is 1. The van der Waals surface area contributed by atoms with Gasteiger partial charge in [0.05, 0.1) is 15.0 Å². The van der Waals surface area contributed by atoms with E-state index in [-0.39, 0.29) is 21.6 Å². The van der Waals surface area contributed by atoms with Gasteiger partial charge in [-0.05, 0) is 40.4 Å². The second kappa shape index (κ2) is 10.8. The van der Waals surface area contributed by atoms with Crippen molar-refractivity contribution in [3.8, 4) is 0 Å². The van der Waals surface area contributed by atoms with Crippen LogP contribution in [-0.4, -0.2) is 30.0 Å². The Kier molecular flexibility index (Phi) is 9.12. The van der Waals surface area contributed by atoms with Gasteiger partial charge in [0.2, 0.25) is 0 Å². The number of hydrogen-bond donors (Lipinski definition) is 1. The van der Waals surface area contributed by atoms with Crippen LogP contribution in [-0.2, 0) is 9.53 Å². The van der Waals surface area contributed by atoms with Crippen molar-refractivity contribution in [2.45, 2.75) is 39.5 Å². The lowest BCUT2D eigenvalue weighted by Crippen LogP contribution is -2.32. The molecular formula is C17H23BrN2O5. The van der Waals surface area contributed by atoms with E-state index in [9.17, 15) is 19.7 Å². The smallest absolute Gasteiger partial charge is 0.338 e. The second-order valence-corrected chi connectivity index (χ2v) is 6.57. The third-order valence-corrected chi connectivity index (χ3v) is 4.51. The van der Waals surface area contributed by atoms with Gasteiger partial charge in [-0.3, -0.25) is 14.9 Å². The van der Waals surface area contributed by atoms with Crippen LogP contribution in [0.5, 0.6) is 0 Å². The Morgan fingerprint density at radius 2 is 2.08 bits per heavy atom. The minimum atomic E-state index is -0.774. The predicted octanol–water partition coefficient (Wildman–Crippen LogP) is 3.85. The maximum Gasteiger partial charge on any atom is 0.338 e. The molecule has 7 nitrogen and oxygen atoms in total. The summed E-state index contributed by atoms with van der Waals surface area (Å²) in [6.45, 7) is 4.34. The van der Waals surface area contributed by atoms with E-state index in [0.717, 1.165) is 31.7 Å². The van der Waals surface area contributed by atoms with Gasteiger partial charge in [-0.25, -0.2) is 4.79 Å². The lowest BCUT2D eigenvalue weighted by atomic mass is 9.99. The first kappa shape index (κ1) is 21.1. The fourth-order valence-corrected chi connectivity index (χ4v) is 2.64. The van der Waals surface area contributed by atoms with Crippen LogP contribution in [0.3, 0.4) is 0 Å². The Morgan fingerprint density at radius 3 is 2.68 bits per heavy atom. The Morgan fingerprint density at radius 1 is 1.36 bits per heavy atom. The summed E-state index contributed by atoms with van der Waals surface area (Å²) in [5.74, 6) is -0.743. The van der Waals surface area contributed by atoms with Gasteiger partial charge in [0.1, 0.15) is 0 Å². The molecule has 25 heavy (non-hydrogen) atoms. The zero-order chi connectivity index (χ0) is 18.8. The van der Waals surface area contributed by atoms with E-state index in [1.807, 2.05) is 0 Å². The number of carbonyl (C=O) groups excluding carboxylic acids is 2. The number of rotatable bonds is 10. The van der Waals surface area contributed by atoms with Gasteiger partial charge in [0, 0.05) is 12.6 Å². The Bertz CT molecular complexity index is 621. The van der Waals surface area contributed by atoms with Crippen molar-refractivity contribution in [2.75, 3.05) is 13.2 Å². The Labute approximate surface area is 155 Å². The van der Waals surface area contributed by atoms with Gasteiger partial charge in [0.15, 0.2) is 6.61 Å². The second-order valence-electron chi connectivity index (χ2n) is 5.72. The highest BCUT2D eigenvalue weighted by molar-refractivity contribution is 9.10. The molecule has 0 aromatic heterocycles. The van der Waals surface area contributed by atoms with Crippen molar-refractivity contribution in [1.29, 1.82) is 0 Å². The molecule has 0 saturated carbocycles. The van der Waals surface area contributed by atoms with E-state index in [0.29, 0.717) is 12.5 Å². The molecule has 0 saturated heterocycles. The van der Waals surface area contributed by atoms with Gasteiger partial charge in [-0.15, -0.1) is 0 Å². The molecule has 0 fully saturated rings. The molecule has 8 heteroatoms. The van der Waals surface area contributed by atoms with E-state index in [1.165, 1.54) is 12.1 Å². The SMILES string of the molecule is CCCC[C@H](CC)CNC(=O)COC(=O)c1ccc(Br)c([N+](=O)[O-])c1. The monoisotopic (exact) mass is 414 g/mol. The fraction of sp³-hybridized carbons (Fsp3) is 0.529. The summed E-state index contributed by atoms with van der Waals surface area (Å²) >= 11 is 3.04.